The Labute approximate surface area is 114 Å². The SMILES string of the molecule is O=C(N/N=C\c1ccccc1[N+](=O)[O-])c1ccccc1. The lowest BCUT2D eigenvalue weighted by Gasteiger charge is -1.99. The molecule has 0 bridgehead atoms. The summed E-state index contributed by atoms with van der Waals surface area (Å²) in [5.74, 6) is -0.375. The van der Waals surface area contributed by atoms with Gasteiger partial charge in [0.15, 0.2) is 0 Å². The number of nitro benzene ring substituents is 1. The molecule has 6 heteroatoms. The number of rotatable bonds is 4. The summed E-state index contributed by atoms with van der Waals surface area (Å²) in [6.07, 6.45) is 1.25. The lowest BCUT2D eigenvalue weighted by Crippen LogP contribution is -2.17. The van der Waals surface area contributed by atoms with Crippen molar-refractivity contribution >= 4 is 17.8 Å². The molecule has 0 aliphatic carbocycles. The van der Waals surface area contributed by atoms with Crippen LogP contribution in [0.25, 0.3) is 0 Å². The van der Waals surface area contributed by atoms with Crippen molar-refractivity contribution in [3.8, 4) is 0 Å². The third-order valence-corrected chi connectivity index (χ3v) is 2.54. The molecule has 2 aromatic rings. The Morgan fingerprint density at radius 2 is 1.75 bits per heavy atom. The Bertz CT molecular complexity index is 654. The number of para-hydroxylation sites is 1. The van der Waals surface area contributed by atoms with Crippen LogP contribution < -0.4 is 5.43 Å². The molecule has 0 fully saturated rings. The number of nitrogens with one attached hydrogen (secondary N) is 1. The van der Waals surface area contributed by atoms with E-state index in [0.29, 0.717) is 11.1 Å². The summed E-state index contributed by atoms with van der Waals surface area (Å²) in [6.45, 7) is 0. The van der Waals surface area contributed by atoms with E-state index < -0.39 is 4.92 Å². The van der Waals surface area contributed by atoms with Crippen molar-refractivity contribution < 1.29 is 9.72 Å². The zero-order valence-electron chi connectivity index (χ0n) is 10.4. The van der Waals surface area contributed by atoms with Gasteiger partial charge in [0.25, 0.3) is 11.6 Å². The molecule has 2 rings (SSSR count). The van der Waals surface area contributed by atoms with Crippen molar-refractivity contribution in [3.63, 3.8) is 0 Å². The zero-order valence-corrected chi connectivity index (χ0v) is 10.4. The third kappa shape index (κ3) is 3.26. The summed E-state index contributed by atoms with van der Waals surface area (Å²) >= 11 is 0. The fourth-order valence-corrected chi connectivity index (χ4v) is 1.58. The Morgan fingerprint density at radius 3 is 2.45 bits per heavy atom. The van der Waals surface area contributed by atoms with Crippen molar-refractivity contribution in [1.29, 1.82) is 0 Å². The molecule has 2 aromatic carbocycles. The Morgan fingerprint density at radius 1 is 1.10 bits per heavy atom. The number of nitro groups is 1. The zero-order chi connectivity index (χ0) is 14.4. The first kappa shape index (κ1) is 13.4. The smallest absolute Gasteiger partial charge is 0.267 e. The van der Waals surface area contributed by atoms with E-state index in [1.807, 2.05) is 0 Å². The maximum absolute atomic E-state index is 11.7. The van der Waals surface area contributed by atoms with Crippen LogP contribution in [0.5, 0.6) is 0 Å². The second-order valence-electron chi connectivity index (χ2n) is 3.88. The molecular weight excluding hydrogens is 258 g/mol. The van der Waals surface area contributed by atoms with E-state index in [-0.39, 0.29) is 11.6 Å². The van der Waals surface area contributed by atoms with Crippen LogP contribution in [-0.2, 0) is 0 Å². The van der Waals surface area contributed by atoms with E-state index in [1.54, 1.807) is 48.5 Å². The van der Waals surface area contributed by atoms with Crippen LogP contribution in [0.1, 0.15) is 15.9 Å². The van der Waals surface area contributed by atoms with Crippen molar-refractivity contribution in [2.24, 2.45) is 5.10 Å². The summed E-state index contributed by atoms with van der Waals surface area (Å²) in [4.78, 5) is 22.0. The second-order valence-corrected chi connectivity index (χ2v) is 3.88. The molecule has 0 atom stereocenters. The fraction of sp³-hybridized carbons (Fsp3) is 0. The lowest BCUT2D eigenvalue weighted by atomic mass is 10.2. The van der Waals surface area contributed by atoms with Gasteiger partial charge < -0.3 is 0 Å². The summed E-state index contributed by atoms with van der Waals surface area (Å²) < 4.78 is 0. The molecule has 1 N–H and O–H groups in total. The number of hydrogen-bond donors (Lipinski definition) is 1. The molecule has 0 spiro atoms. The number of hydrazone groups is 1. The highest BCUT2D eigenvalue weighted by atomic mass is 16.6. The van der Waals surface area contributed by atoms with Crippen LogP contribution in [0.2, 0.25) is 0 Å². The average molecular weight is 269 g/mol. The minimum absolute atomic E-state index is 0.0646. The molecule has 0 saturated carbocycles. The van der Waals surface area contributed by atoms with E-state index in [9.17, 15) is 14.9 Å². The Balaban J connectivity index is 2.08. The van der Waals surface area contributed by atoms with E-state index in [0.717, 1.165) is 0 Å². The third-order valence-electron chi connectivity index (χ3n) is 2.54. The first-order valence-electron chi connectivity index (χ1n) is 5.80. The van der Waals surface area contributed by atoms with Crippen LogP contribution >= 0.6 is 0 Å². The summed E-state index contributed by atoms with van der Waals surface area (Å²) in [6, 6.07) is 14.7. The van der Waals surface area contributed by atoms with Crippen LogP contribution in [0, 0.1) is 10.1 Å². The first-order valence-corrected chi connectivity index (χ1v) is 5.80. The molecule has 100 valence electrons. The number of nitrogens with zero attached hydrogens (tertiary/aromatic N) is 2. The monoisotopic (exact) mass is 269 g/mol. The minimum Gasteiger partial charge on any atom is -0.267 e. The predicted molar refractivity (Wildman–Crippen MR) is 74.6 cm³/mol. The van der Waals surface area contributed by atoms with Gasteiger partial charge in [-0.25, -0.2) is 5.43 Å². The van der Waals surface area contributed by atoms with Gasteiger partial charge >= 0.3 is 0 Å². The lowest BCUT2D eigenvalue weighted by molar-refractivity contribution is -0.385. The number of carbonyl (C=O) groups excluding carboxylic acids is 1. The van der Waals surface area contributed by atoms with E-state index in [1.165, 1.54) is 12.3 Å². The van der Waals surface area contributed by atoms with Gasteiger partial charge in [-0.1, -0.05) is 30.3 Å². The van der Waals surface area contributed by atoms with Gasteiger partial charge in [-0.3, -0.25) is 14.9 Å². The van der Waals surface area contributed by atoms with Gasteiger partial charge in [-0.15, -0.1) is 0 Å². The quantitative estimate of drug-likeness (QED) is 0.525. The molecule has 0 unspecified atom stereocenters. The maximum Gasteiger partial charge on any atom is 0.278 e. The van der Waals surface area contributed by atoms with Gasteiger partial charge in [-0.2, -0.15) is 5.10 Å². The minimum atomic E-state index is -0.500. The summed E-state index contributed by atoms with van der Waals surface area (Å²) in [5, 5.41) is 14.5. The first-order chi connectivity index (χ1) is 9.68. The van der Waals surface area contributed by atoms with Crippen LogP contribution in [-0.4, -0.2) is 17.0 Å². The van der Waals surface area contributed by atoms with Crippen molar-refractivity contribution in [1.82, 2.24) is 5.43 Å². The van der Waals surface area contributed by atoms with Crippen molar-refractivity contribution in [2.45, 2.75) is 0 Å². The summed E-state index contributed by atoms with van der Waals surface area (Å²) in [5.41, 5.74) is 3.05. The average Bonchev–Trinajstić information content (AvgIpc) is 2.48. The molecule has 6 nitrogen and oxygen atoms in total. The largest absolute Gasteiger partial charge is 0.278 e. The number of benzene rings is 2. The molecule has 0 aromatic heterocycles. The molecule has 0 aliphatic heterocycles. The van der Waals surface area contributed by atoms with Gasteiger partial charge in [0, 0.05) is 11.6 Å². The normalized spacial score (nSPS) is 10.4. The maximum atomic E-state index is 11.7. The highest BCUT2D eigenvalue weighted by Gasteiger charge is 2.10. The number of carbonyl (C=O) groups is 1. The van der Waals surface area contributed by atoms with Crippen LogP contribution in [0.4, 0.5) is 5.69 Å². The van der Waals surface area contributed by atoms with E-state index >= 15 is 0 Å². The highest BCUT2D eigenvalue weighted by Crippen LogP contribution is 2.14. The van der Waals surface area contributed by atoms with Crippen molar-refractivity contribution in [3.05, 3.63) is 75.8 Å². The topological polar surface area (TPSA) is 84.6 Å². The molecule has 1 amide bonds. The molecule has 20 heavy (non-hydrogen) atoms. The highest BCUT2D eigenvalue weighted by molar-refractivity contribution is 5.95. The number of hydrogen-bond acceptors (Lipinski definition) is 4. The molecule has 0 radical (unpaired) electrons. The standard InChI is InChI=1S/C14H11N3O3/c18-14(11-6-2-1-3-7-11)16-15-10-12-8-4-5-9-13(12)17(19)20/h1-10H,(H,16,18)/b15-10-. The van der Waals surface area contributed by atoms with Crippen LogP contribution in [0.15, 0.2) is 59.7 Å². The summed E-state index contributed by atoms with van der Waals surface area (Å²) in [7, 11) is 0. The Hall–Kier alpha value is -3.02. The molecule has 0 heterocycles. The number of amides is 1. The molecule has 0 aliphatic rings. The Kier molecular flexibility index (Phi) is 4.18. The fourth-order valence-electron chi connectivity index (χ4n) is 1.58. The van der Waals surface area contributed by atoms with Gasteiger partial charge in [0.05, 0.1) is 16.7 Å². The van der Waals surface area contributed by atoms with E-state index in [4.69, 9.17) is 0 Å². The van der Waals surface area contributed by atoms with Crippen molar-refractivity contribution in [2.75, 3.05) is 0 Å². The van der Waals surface area contributed by atoms with Gasteiger partial charge in [-0.05, 0) is 18.2 Å². The molecular formula is C14H11N3O3. The second kappa shape index (κ2) is 6.24. The van der Waals surface area contributed by atoms with Gasteiger partial charge in [0.2, 0.25) is 0 Å². The van der Waals surface area contributed by atoms with Gasteiger partial charge in [0.1, 0.15) is 0 Å². The molecule has 0 saturated heterocycles. The van der Waals surface area contributed by atoms with Crippen LogP contribution in [0.3, 0.4) is 0 Å². The van der Waals surface area contributed by atoms with E-state index in [2.05, 4.69) is 10.5 Å². The predicted octanol–water partition coefficient (Wildman–Crippen LogP) is 2.36.